The van der Waals surface area contributed by atoms with E-state index in [0.29, 0.717) is 0 Å². The third-order valence-corrected chi connectivity index (χ3v) is 11.0. The van der Waals surface area contributed by atoms with E-state index in [0.717, 1.165) is 19.3 Å². The van der Waals surface area contributed by atoms with Crippen LogP contribution in [-0.4, -0.2) is 50.8 Å². The fraction of sp³-hybridized carbons (Fsp3) is 0.944. The number of carbonyl (C=O) groups is 1. The van der Waals surface area contributed by atoms with Gasteiger partial charge in [0, 0.05) is 19.1 Å². The Labute approximate surface area is 147 Å². The zero-order valence-electron chi connectivity index (χ0n) is 16.3. The van der Waals surface area contributed by atoms with Crippen LogP contribution in [0, 0.1) is 11.8 Å². The van der Waals surface area contributed by atoms with Gasteiger partial charge in [0.05, 0.1) is 24.2 Å². The van der Waals surface area contributed by atoms with Gasteiger partial charge in [-0.15, -0.1) is 0 Å². The second kappa shape index (κ2) is 7.06. The molecule has 24 heavy (non-hydrogen) atoms. The van der Waals surface area contributed by atoms with Crippen LogP contribution in [0.15, 0.2) is 0 Å². The first-order chi connectivity index (χ1) is 11.0. The van der Waals surface area contributed by atoms with Gasteiger partial charge in [0.2, 0.25) is 5.91 Å². The van der Waals surface area contributed by atoms with Crippen LogP contribution in [0.1, 0.15) is 47.0 Å². The summed E-state index contributed by atoms with van der Waals surface area (Å²) < 4.78 is 11.9. The molecule has 2 rings (SSSR count). The van der Waals surface area contributed by atoms with Gasteiger partial charge in [-0.05, 0) is 37.9 Å². The molecule has 2 N–H and O–H groups in total. The average molecular weight is 358 g/mol. The van der Waals surface area contributed by atoms with Crippen LogP contribution in [-0.2, 0) is 14.0 Å². The Hall–Kier alpha value is -0.433. The highest BCUT2D eigenvalue weighted by Crippen LogP contribution is 2.41. The molecular formula is C18H35NO4Si. The molecule has 0 radical (unpaired) electrons. The molecule has 0 aromatic rings. The second-order valence-electron chi connectivity index (χ2n) is 9.00. The average Bonchev–Trinajstić information content (AvgIpc) is 2.43. The zero-order valence-corrected chi connectivity index (χ0v) is 17.3. The smallest absolute Gasteiger partial charge is 0.228 e. The molecule has 6 atom stereocenters. The summed E-state index contributed by atoms with van der Waals surface area (Å²) in [5.41, 5.74) is 0. The third-order valence-electron chi connectivity index (χ3n) is 6.40. The van der Waals surface area contributed by atoms with Gasteiger partial charge in [0.1, 0.15) is 0 Å². The molecule has 1 saturated carbocycles. The predicted molar refractivity (Wildman–Crippen MR) is 97.3 cm³/mol. The quantitative estimate of drug-likeness (QED) is 0.586. The van der Waals surface area contributed by atoms with Gasteiger partial charge in [-0.2, -0.15) is 0 Å². The number of rotatable bonds is 5. The Bertz CT molecular complexity index is 462. The molecule has 0 bridgehead atoms. The molecule has 1 heterocycles. The molecule has 0 aromatic carbocycles. The van der Waals surface area contributed by atoms with E-state index in [4.69, 9.17) is 9.16 Å². The van der Waals surface area contributed by atoms with E-state index in [9.17, 15) is 9.90 Å². The van der Waals surface area contributed by atoms with Crippen molar-refractivity contribution in [1.29, 1.82) is 0 Å². The van der Waals surface area contributed by atoms with E-state index >= 15 is 0 Å². The van der Waals surface area contributed by atoms with E-state index in [-0.39, 0.29) is 41.0 Å². The van der Waals surface area contributed by atoms with Crippen molar-refractivity contribution in [2.75, 3.05) is 7.11 Å². The molecule has 0 aromatic heterocycles. The number of hydrogen-bond donors (Lipinski definition) is 2. The summed E-state index contributed by atoms with van der Waals surface area (Å²) >= 11 is 0. The van der Waals surface area contributed by atoms with Gasteiger partial charge in [-0.25, -0.2) is 0 Å². The summed E-state index contributed by atoms with van der Waals surface area (Å²) in [6.45, 7) is 13.1. The first-order valence-corrected chi connectivity index (χ1v) is 12.1. The van der Waals surface area contributed by atoms with Crippen molar-refractivity contribution in [3.8, 4) is 0 Å². The van der Waals surface area contributed by atoms with Gasteiger partial charge in [-0.1, -0.05) is 27.2 Å². The van der Waals surface area contributed by atoms with Gasteiger partial charge in [-0.3, -0.25) is 4.79 Å². The highest BCUT2D eigenvalue weighted by atomic mass is 28.4. The predicted octanol–water partition coefficient (Wildman–Crippen LogP) is 2.69. The first-order valence-electron chi connectivity index (χ1n) is 9.18. The number of methoxy groups -OCH3 is 1. The lowest BCUT2D eigenvalue weighted by Gasteiger charge is -2.50. The van der Waals surface area contributed by atoms with Gasteiger partial charge >= 0.3 is 0 Å². The number of β-lactam (4-membered cyclic amide) rings is 1. The Morgan fingerprint density at radius 1 is 1.29 bits per heavy atom. The van der Waals surface area contributed by atoms with Crippen LogP contribution >= 0.6 is 0 Å². The molecule has 1 aliphatic carbocycles. The molecule has 2 aliphatic rings. The number of carbonyl (C=O) groups excluding carboxylic acids is 1. The summed E-state index contributed by atoms with van der Waals surface area (Å²) in [6.07, 6.45) is 2.07. The lowest BCUT2D eigenvalue weighted by Crippen LogP contribution is -2.68. The van der Waals surface area contributed by atoms with Crippen LogP contribution in [0.4, 0.5) is 0 Å². The van der Waals surface area contributed by atoms with Crippen molar-refractivity contribution in [3.63, 3.8) is 0 Å². The maximum atomic E-state index is 12.2. The molecule has 0 unspecified atom stereocenters. The molecule has 1 saturated heterocycles. The van der Waals surface area contributed by atoms with Crippen molar-refractivity contribution in [1.82, 2.24) is 5.32 Å². The fourth-order valence-electron chi connectivity index (χ4n) is 3.83. The van der Waals surface area contributed by atoms with Crippen molar-refractivity contribution in [3.05, 3.63) is 0 Å². The van der Waals surface area contributed by atoms with E-state index in [1.165, 1.54) is 0 Å². The summed E-state index contributed by atoms with van der Waals surface area (Å²) in [4.78, 5) is 12.2. The highest BCUT2D eigenvalue weighted by Gasteiger charge is 2.52. The van der Waals surface area contributed by atoms with E-state index in [2.05, 4.69) is 39.2 Å². The monoisotopic (exact) mass is 357 g/mol. The molecule has 140 valence electrons. The number of ether oxygens (including phenoxy) is 1. The molecule has 0 spiro atoms. The second-order valence-corrected chi connectivity index (χ2v) is 13.8. The van der Waals surface area contributed by atoms with Crippen molar-refractivity contribution >= 4 is 14.2 Å². The maximum absolute atomic E-state index is 12.2. The minimum absolute atomic E-state index is 0.00906. The maximum Gasteiger partial charge on any atom is 0.228 e. The molecule has 1 amide bonds. The molecule has 1 aliphatic heterocycles. The number of aliphatic hydroxyl groups excluding tert-OH is 1. The number of hydrogen-bond acceptors (Lipinski definition) is 4. The molecule has 2 fully saturated rings. The lowest BCUT2D eigenvalue weighted by atomic mass is 9.70. The largest absolute Gasteiger partial charge is 0.413 e. The first kappa shape index (κ1) is 19.9. The van der Waals surface area contributed by atoms with Crippen molar-refractivity contribution in [2.45, 2.75) is 89.4 Å². The minimum atomic E-state index is -1.93. The van der Waals surface area contributed by atoms with E-state index in [1.807, 2.05) is 6.92 Å². The van der Waals surface area contributed by atoms with Crippen molar-refractivity contribution in [2.24, 2.45) is 11.8 Å². The molecular weight excluding hydrogens is 322 g/mol. The number of aliphatic hydroxyl groups is 1. The van der Waals surface area contributed by atoms with Crippen LogP contribution in [0.2, 0.25) is 18.1 Å². The minimum Gasteiger partial charge on any atom is -0.413 e. The Morgan fingerprint density at radius 3 is 2.42 bits per heavy atom. The standard InChI is InChI=1S/C18H35NO4Si/c1-11(23-24(6,7)18(2,3)4)14-15(19-17(14)21)12-9-8-10-13(22-5)16(12)20/h11-16,20H,8-10H2,1-7H3,(H,19,21)/t11-,12-,13+,14-,15-,16+/m1/s1. The molecule has 5 nitrogen and oxygen atoms in total. The fourth-order valence-corrected chi connectivity index (χ4v) is 5.26. The van der Waals surface area contributed by atoms with Crippen molar-refractivity contribution < 1.29 is 19.1 Å². The Kier molecular flexibility index (Phi) is 5.85. The highest BCUT2D eigenvalue weighted by molar-refractivity contribution is 6.74. The summed E-state index contributed by atoms with van der Waals surface area (Å²) in [5.74, 6) is -0.0656. The normalized spacial score (nSPS) is 36.0. The van der Waals surface area contributed by atoms with Crippen LogP contribution < -0.4 is 5.32 Å². The number of nitrogens with one attached hydrogen (secondary N) is 1. The van der Waals surface area contributed by atoms with E-state index < -0.39 is 14.4 Å². The summed E-state index contributed by atoms with van der Waals surface area (Å²) in [6, 6.07) is -0.00906. The zero-order chi connectivity index (χ0) is 18.3. The van der Waals surface area contributed by atoms with Gasteiger partial charge in [0.15, 0.2) is 8.32 Å². The number of amides is 1. The van der Waals surface area contributed by atoms with E-state index in [1.54, 1.807) is 7.11 Å². The van der Waals surface area contributed by atoms with Gasteiger partial charge in [0.25, 0.3) is 0 Å². The topological polar surface area (TPSA) is 67.8 Å². The summed E-state index contributed by atoms with van der Waals surface area (Å²) in [5, 5.41) is 13.7. The van der Waals surface area contributed by atoms with Crippen LogP contribution in [0.25, 0.3) is 0 Å². The third kappa shape index (κ3) is 3.71. The Morgan fingerprint density at radius 2 is 1.92 bits per heavy atom. The summed E-state index contributed by atoms with van der Waals surface area (Å²) in [7, 11) is -0.277. The van der Waals surface area contributed by atoms with Crippen LogP contribution in [0.5, 0.6) is 0 Å². The van der Waals surface area contributed by atoms with Crippen LogP contribution in [0.3, 0.4) is 0 Å². The molecule has 6 heteroatoms. The lowest BCUT2D eigenvalue weighted by molar-refractivity contribution is -0.149. The SMILES string of the molecule is CO[C@H]1CCC[C@H]([C@H]2NC(=O)[C@@H]2[C@@H](C)O[Si](C)(C)C(C)(C)C)[C@@H]1O. The Balaban J connectivity index is 2.07. The van der Waals surface area contributed by atoms with Gasteiger partial charge < -0.3 is 19.6 Å².